The molecule has 1 aliphatic rings. The Balaban J connectivity index is 2.05. The lowest BCUT2D eigenvalue weighted by atomic mass is 9.92. The molecular formula is C14H19FN2O2. The highest BCUT2D eigenvalue weighted by atomic mass is 19.1. The van der Waals surface area contributed by atoms with E-state index in [0.717, 1.165) is 19.4 Å². The van der Waals surface area contributed by atoms with Crippen molar-refractivity contribution in [1.29, 1.82) is 0 Å². The van der Waals surface area contributed by atoms with Crippen molar-refractivity contribution in [2.75, 3.05) is 19.0 Å². The summed E-state index contributed by atoms with van der Waals surface area (Å²) in [6.45, 7) is 2.87. The van der Waals surface area contributed by atoms with Crippen LogP contribution in [0, 0.1) is 11.7 Å². The largest absolute Gasteiger partial charge is 0.497 e. The van der Waals surface area contributed by atoms with Gasteiger partial charge in [0.1, 0.15) is 11.6 Å². The van der Waals surface area contributed by atoms with Gasteiger partial charge in [-0.2, -0.15) is 0 Å². The Labute approximate surface area is 112 Å². The average Bonchev–Trinajstić information content (AvgIpc) is 2.41. The second-order valence-corrected chi connectivity index (χ2v) is 4.91. The summed E-state index contributed by atoms with van der Waals surface area (Å²) < 4.78 is 18.7. The summed E-state index contributed by atoms with van der Waals surface area (Å²) in [4.78, 5) is 12.1. The third kappa shape index (κ3) is 3.44. The number of ether oxygens (including phenoxy) is 1. The predicted molar refractivity (Wildman–Crippen MR) is 71.8 cm³/mol. The van der Waals surface area contributed by atoms with E-state index in [9.17, 15) is 9.18 Å². The highest BCUT2D eigenvalue weighted by Gasteiger charge is 2.25. The Morgan fingerprint density at radius 3 is 3.00 bits per heavy atom. The minimum absolute atomic E-state index is 0.0677. The van der Waals surface area contributed by atoms with Crippen LogP contribution in [0.4, 0.5) is 10.1 Å². The number of rotatable bonds is 3. The van der Waals surface area contributed by atoms with Crippen LogP contribution in [0.3, 0.4) is 0 Å². The van der Waals surface area contributed by atoms with Crippen LogP contribution in [0.5, 0.6) is 5.75 Å². The second kappa shape index (κ2) is 6.02. The molecule has 1 aliphatic heterocycles. The lowest BCUT2D eigenvalue weighted by Gasteiger charge is -2.27. The molecule has 1 fully saturated rings. The monoisotopic (exact) mass is 266 g/mol. The zero-order valence-corrected chi connectivity index (χ0v) is 11.2. The van der Waals surface area contributed by atoms with Crippen LogP contribution in [-0.4, -0.2) is 25.6 Å². The fourth-order valence-corrected chi connectivity index (χ4v) is 2.33. The van der Waals surface area contributed by atoms with Crippen molar-refractivity contribution in [3.8, 4) is 5.75 Å². The van der Waals surface area contributed by atoms with E-state index < -0.39 is 5.82 Å². The predicted octanol–water partition coefficient (Wildman–Crippen LogP) is 2.16. The summed E-state index contributed by atoms with van der Waals surface area (Å²) in [7, 11) is 1.51. The van der Waals surface area contributed by atoms with Gasteiger partial charge in [-0.25, -0.2) is 4.39 Å². The smallest absolute Gasteiger partial charge is 0.227 e. The number of hydrogen-bond acceptors (Lipinski definition) is 3. The molecule has 0 bridgehead atoms. The maximum absolute atomic E-state index is 13.6. The topological polar surface area (TPSA) is 50.4 Å². The van der Waals surface area contributed by atoms with E-state index in [1.54, 1.807) is 0 Å². The minimum Gasteiger partial charge on any atom is -0.497 e. The van der Waals surface area contributed by atoms with Gasteiger partial charge < -0.3 is 15.4 Å². The van der Waals surface area contributed by atoms with Gasteiger partial charge in [-0.05, 0) is 38.4 Å². The number of carbonyl (C=O) groups is 1. The first-order valence-corrected chi connectivity index (χ1v) is 6.48. The zero-order valence-electron chi connectivity index (χ0n) is 11.2. The SMILES string of the molecule is COc1ccc(F)c(NC(=O)C2CCNC(C)C2)c1. The Morgan fingerprint density at radius 2 is 2.32 bits per heavy atom. The number of carbonyl (C=O) groups excluding carboxylic acids is 1. The molecule has 1 heterocycles. The first-order valence-electron chi connectivity index (χ1n) is 6.48. The van der Waals surface area contributed by atoms with Crippen molar-refractivity contribution < 1.29 is 13.9 Å². The van der Waals surface area contributed by atoms with Crippen molar-refractivity contribution >= 4 is 11.6 Å². The molecule has 0 aromatic heterocycles. The summed E-state index contributed by atoms with van der Waals surface area (Å²) >= 11 is 0. The molecule has 1 amide bonds. The number of methoxy groups -OCH3 is 1. The number of halogens is 1. The number of amides is 1. The van der Waals surface area contributed by atoms with E-state index in [2.05, 4.69) is 10.6 Å². The van der Waals surface area contributed by atoms with Crippen molar-refractivity contribution in [2.45, 2.75) is 25.8 Å². The normalized spacial score (nSPS) is 22.9. The molecule has 2 rings (SSSR count). The Bertz CT molecular complexity index is 465. The minimum atomic E-state index is -0.448. The van der Waals surface area contributed by atoms with Gasteiger partial charge >= 0.3 is 0 Å². The number of piperidine rings is 1. The maximum Gasteiger partial charge on any atom is 0.227 e. The zero-order chi connectivity index (χ0) is 13.8. The molecule has 104 valence electrons. The van der Waals surface area contributed by atoms with E-state index in [1.807, 2.05) is 6.92 Å². The van der Waals surface area contributed by atoms with Gasteiger partial charge in [-0.15, -0.1) is 0 Å². The number of hydrogen-bond donors (Lipinski definition) is 2. The molecular weight excluding hydrogens is 247 g/mol. The summed E-state index contributed by atoms with van der Waals surface area (Å²) in [6, 6.07) is 4.63. The molecule has 2 atom stereocenters. The standard InChI is InChI=1S/C14H19FN2O2/c1-9-7-10(5-6-16-9)14(18)17-13-8-11(19-2)3-4-12(13)15/h3-4,8-10,16H,5-7H2,1-2H3,(H,17,18). The molecule has 1 aromatic rings. The molecule has 5 heteroatoms. The molecule has 2 unspecified atom stereocenters. The number of anilines is 1. The van der Waals surface area contributed by atoms with Gasteiger partial charge in [-0.1, -0.05) is 0 Å². The highest BCUT2D eigenvalue weighted by Crippen LogP contribution is 2.23. The van der Waals surface area contributed by atoms with Gasteiger partial charge in [0.25, 0.3) is 0 Å². The van der Waals surface area contributed by atoms with Gasteiger partial charge in [0.2, 0.25) is 5.91 Å². The Kier molecular flexibility index (Phi) is 4.37. The van der Waals surface area contributed by atoms with Crippen molar-refractivity contribution in [3.05, 3.63) is 24.0 Å². The molecule has 1 aromatic carbocycles. The Hall–Kier alpha value is -1.62. The summed E-state index contributed by atoms with van der Waals surface area (Å²) in [5.74, 6) is -0.117. The van der Waals surface area contributed by atoms with Crippen LogP contribution in [-0.2, 0) is 4.79 Å². The van der Waals surface area contributed by atoms with Gasteiger partial charge in [0.15, 0.2) is 0 Å². The first-order chi connectivity index (χ1) is 9.10. The highest BCUT2D eigenvalue weighted by molar-refractivity contribution is 5.93. The lowest BCUT2D eigenvalue weighted by molar-refractivity contribution is -0.120. The van der Waals surface area contributed by atoms with Crippen molar-refractivity contribution in [1.82, 2.24) is 5.32 Å². The molecule has 2 N–H and O–H groups in total. The van der Waals surface area contributed by atoms with Crippen LogP contribution in [0.1, 0.15) is 19.8 Å². The fourth-order valence-electron chi connectivity index (χ4n) is 2.33. The number of benzene rings is 1. The summed E-state index contributed by atoms with van der Waals surface area (Å²) in [5, 5.41) is 5.94. The van der Waals surface area contributed by atoms with Crippen molar-refractivity contribution in [2.24, 2.45) is 5.92 Å². The van der Waals surface area contributed by atoms with Crippen molar-refractivity contribution in [3.63, 3.8) is 0 Å². The lowest BCUT2D eigenvalue weighted by Crippen LogP contribution is -2.40. The van der Waals surface area contributed by atoms with E-state index >= 15 is 0 Å². The first kappa shape index (κ1) is 13.8. The van der Waals surface area contributed by atoms with Crippen LogP contribution < -0.4 is 15.4 Å². The van der Waals surface area contributed by atoms with E-state index in [-0.39, 0.29) is 17.5 Å². The summed E-state index contributed by atoms with van der Waals surface area (Å²) in [5.41, 5.74) is 0.176. The molecule has 0 saturated carbocycles. The quantitative estimate of drug-likeness (QED) is 0.881. The van der Waals surface area contributed by atoms with Crippen LogP contribution >= 0.6 is 0 Å². The molecule has 0 spiro atoms. The van der Waals surface area contributed by atoms with Crippen LogP contribution in [0.15, 0.2) is 18.2 Å². The third-order valence-corrected chi connectivity index (χ3v) is 3.43. The van der Waals surface area contributed by atoms with E-state index in [1.165, 1.54) is 25.3 Å². The third-order valence-electron chi connectivity index (χ3n) is 3.43. The Morgan fingerprint density at radius 1 is 1.53 bits per heavy atom. The van der Waals surface area contributed by atoms with Crippen LogP contribution in [0.25, 0.3) is 0 Å². The fraction of sp³-hybridized carbons (Fsp3) is 0.500. The van der Waals surface area contributed by atoms with Gasteiger partial charge in [-0.3, -0.25) is 4.79 Å². The maximum atomic E-state index is 13.6. The molecule has 19 heavy (non-hydrogen) atoms. The molecule has 0 aliphatic carbocycles. The van der Waals surface area contributed by atoms with Crippen LogP contribution in [0.2, 0.25) is 0 Å². The average molecular weight is 266 g/mol. The molecule has 1 saturated heterocycles. The summed E-state index contributed by atoms with van der Waals surface area (Å²) in [6.07, 6.45) is 1.55. The van der Waals surface area contributed by atoms with Gasteiger partial charge in [0.05, 0.1) is 12.8 Å². The van der Waals surface area contributed by atoms with Gasteiger partial charge in [0, 0.05) is 18.0 Å². The van der Waals surface area contributed by atoms with E-state index in [0.29, 0.717) is 11.8 Å². The molecule has 4 nitrogen and oxygen atoms in total. The molecule has 0 radical (unpaired) electrons. The van der Waals surface area contributed by atoms with E-state index in [4.69, 9.17) is 4.74 Å². The number of nitrogens with one attached hydrogen (secondary N) is 2. The second-order valence-electron chi connectivity index (χ2n) is 4.91.